The maximum atomic E-state index is 6.15. The molecule has 1 saturated carbocycles. The third-order valence-corrected chi connectivity index (χ3v) is 3.92. The van der Waals surface area contributed by atoms with Crippen molar-refractivity contribution in [1.29, 1.82) is 0 Å². The van der Waals surface area contributed by atoms with E-state index in [1.807, 2.05) is 0 Å². The van der Waals surface area contributed by atoms with E-state index in [1.54, 1.807) is 0 Å². The molecule has 0 spiro atoms. The molecule has 1 N–H and O–H groups in total. The van der Waals surface area contributed by atoms with Crippen molar-refractivity contribution in [3.63, 3.8) is 0 Å². The Bertz CT molecular complexity index is 210. The molecule has 0 aromatic heterocycles. The second kappa shape index (κ2) is 4.60. The van der Waals surface area contributed by atoms with Gasteiger partial charge in [0.2, 0.25) is 0 Å². The van der Waals surface area contributed by atoms with E-state index in [4.69, 9.17) is 16.3 Å². The molecule has 0 aromatic rings. The molecule has 90 valence electrons. The molecule has 1 aliphatic carbocycles. The van der Waals surface area contributed by atoms with Crippen LogP contribution >= 0.6 is 11.6 Å². The molecule has 0 heterocycles. The fourth-order valence-corrected chi connectivity index (χ4v) is 2.14. The van der Waals surface area contributed by atoms with E-state index in [2.05, 4.69) is 39.9 Å². The van der Waals surface area contributed by atoms with Gasteiger partial charge in [-0.05, 0) is 32.6 Å². The van der Waals surface area contributed by atoms with Gasteiger partial charge in [0.25, 0.3) is 0 Å². The van der Waals surface area contributed by atoms with Crippen LogP contribution in [0, 0.1) is 5.41 Å². The number of hydrogen-bond acceptors (Lipinski definition) is 2. The number of hydrogen-bond donors (Lipinski definition) is 1. The average Bonchev–Trinajstić information content (AvgIpc) is 2.08. The SMILES string of the molecule is CC(C)(C)OCCNC1CC(Cl)C1(C)C. The lowest BCUT2D eigenvalue weighted by molar-refractivity contribution is -0.00602. The number of halogens is 1. The van der Waals surface area contributed by atoms with Crippen LogP contribution in [0.2, 0.25) is 0 Å². The first kappa shape index (κ1) is 13.3. The summed E-state index contributed by atoms with van der Waals surface area (Å²) in [6, 6.07) is 0.545. The summed E-state index contributed by atoms with van der Waals surface area (Å²) in [5, 5.41) is 3.82. The molecular weight excluding hydrogens is 210 g/mol. The highest BCUT2D eigenvalue weighted by Gasteiger charge is 2.46. The lowest BCUT2D eigenvalue weighted by Crippen LogP contribution is -2.58. The summed E-state index contributed by atoms with van der Waals surface area (Å²) >= 11 is 6.15. The van der Waals surface area contributed by atoms with Gasteiger partial charge < -0.3 is 10.1 Å². The number of rotatable bonds is 4. The van der Waals surface area contributed by atoms with Crippen LogP contribution in [0.25, 0.3) is 0 Å². The van der Waals surface area contributed by atoms with Crippen molar-refractivity contribution in [2.75, 3.05) is 13.2 Å². The second-order valence-corrected chi connectivity index (χ2v) is 6.52. The Morgan fingerprint density at radius 1 is 1.40 bits per heavy atom. The van der Waals surface area contributed by atoms with Crippen molar-refractivity contribution in [3.8, 4) is 0 Å². The average molecular weight is 234 g/mol. The van der Waals surface area contributed by atoms with Gasteiger partial charge in [0.15, 0.2) is 0 Å². The molecule has 0 saturated heterocycles. The van der Waals surface area contributed by atoms with Crippen LogP contribution in [0.15, 0.2) is 0 Å². The van der Waals surface area contributed by atoms with E-state index < -0.39 is 0 Å². The number of alkyl halides is 1. The summed E-state index contributed by atoms with van der Waals surface area (Å²) in [4.78, 5) is 0. The normalized spacial score (nSPS) is 30.0. The summed E-state index contributed by atoms with van der Waals surface area (Å²) in [5.74, 6) is 0. The Balaban J connectivity index is 2.12. The topological polar surface area (TPSA) is 21.3 Å². The first-order valence-electron chi connectivity index (χ1n) is 5.75. The zero-order valence-corrected chi connectivity index (χ0v) is 11.3. The molecule has 2 nitrogen and oxygen atoms in total. The van der Waals surface area contributed by atoms with E-state index in [1.165, 1.54) is 0 Å². The molecule has 15 heavy (non-hydrogen) atoms. The van der Waals surface area contributed by atoms with E-state index >= 15 is 0 Å². The highest BCUT2D eigenvalue weighted by molar-refractivity contribution is 6.21. The lowest BCUT2D eigenvalue weighted by Gasteiger charge is -2.49. The van der Waals surface area contributed by atoms with Gasteiger partial charge in [-0.2, -0.15) is 0 Å². The number of ether oxygens (including phenoxy) is 1. The summed E-state index contributed by atoms with van der Waals surface area (Å²) in [7, 11) is 0. The molecule has 1 rings (SSSR count). The maximum absolute atomic E-state index is 6.15. The van der Waals surface area contributed by atoms with Crippen LogP contribution in [0.3, 0.4) is 0 Å². The van der Waals surface area contributed by atoms with Crippen LogP contribution in [0.4, 0.5) is 0 Å². The molecule has 0 aromatic carbocycles. The molecule has 1 fully saturated rings. The summed E-state index contributed by atoms with van der Waals surface area (Å²) in [6.07, 6.45) is 1.07. The molecule has 3 heteroatoms. The lowest BCUT2D eigenvalue weighted by atomic mass is 9.67. The third-order valence-electron chi connectivity index (χ3n) is 3.18. The van der Waals surface area contributed by atoms with Crippen molar-refractivity contribution >= 4 is 11.6 Å². The predicted octanol–water partition coefficient (Wildman–Crippen LogP) is 2.80. The van der Waals surface area contributed by atoms with Gasteiger partial charge in [-0.15, -0.1) is 11.6 Å². The predicted molar refractivity (Wildman–Crippen MR) is 65.5 cm³/mol. The van der Waals surface area contributed by atoms with E-state index in [9.17, 15) is 0 Å². The monoisotopic (exact) mass is 233 g/mol. The molecule has 0 radical (unpaired) electrons. The molecule has 0 bridgehead atoms. The molecule has 1 aliphatic rings. The Morgan fingerprint density at radius 3 is 2.40 bits per heavy atom. The quantitative estimate of drug-likeness (QED) is 0.596. The summed E-state index contributed by atoms with van der Waals surface area (Å²) < 4.78 is 5.65. The van der Waals surface area contributed by atoms with E-state index in [-0.39, 0.29) is 11.0 Å². The number of nitrogens with one attached hydrogen (secondary N) is 1. The van der Waals surface area contributed by atoms with Crippen molar-refractivity contribution < 1.29 is 4.74 Å². The van der Waals surface area contributed by atoms with Gasteiger partial charge in [-0.1, -0.05) is 13.8 Å². The van der Waals surface area contributed by atoms with Gasteiger partial charge in [0.1, 0.15) is 0 Å². The fraction of sp³-hybridized carbons (Fsp3) is 1.00. The zero-order valence-electron chi connectivity index (χ0n) is 10.6. The fourth-order valence-electron chi connectivity index (χ4n) is 1.81. The van der Waals surface area contributed by atoms with Gasteiger partial charge in [0.05, 0.1) is 12.2 Å². The first-order valence-corrected chi connectivity index (χ1v) is 6.18. The molecule has 0 aliphatic heterocycles. The highest BCUT2D eigenvalue weighted by atomic mass is 35.5. The smallest absolute Gasteiger partial charge is 0.0599 e. The largest absolute Gasteiger partial charge is 0.375 e. The summed E-state index contributed by atoms with van der Waals surface area (Å²) in [5.41, 5.74) is 0.190. The van der Waals surface area contributed by atoms with Gasteiger partial charge in [-0.25, -0.2) is 0 Å². The minimum Gasteiger partial charge on any atom is -0.375 e. The minimum absolute atomic E-state index is 0.0359. The Kier molecular flexibility index (Phi) is 4.07. The van der Waals surface area contributed by atoms with Crippen molar-refractivity contribution in [2.24, 2.45) is 5.41 Å². The zero-order chi connectivity index (χ0) is 11.7. The minimum atomic E-state index is -0.0359. The van der Waals surface area contributed by atoms with Gasteiger partial charge in [0, 0.05) is 18.0 Å². The first-order chi connectivity index (χ1) is 6.73. The van der Waals surface area contributed by atoms with E-state index in [0.717, 1.165) is 19.6 Å². The third kappa shape index (κ3) is 3.61. The van der Waals surface area contributed by atoms with Crippen LogP contribution < -0.4 is 5.32 Å². The van der Waals surface area contributed by atoms with Crippen LogP contribution in [0.1, 0.15) is 41.0 Å². The Hall–Kier alpha value is 0.210. The molecular formula is C12H24ClNO. The van der Waals surface area contributed by atoms with Crippen molar-refractivity contribution in [2.45, 2.75) is 58.1 Å². The standard InChI is InChI=1S/C12H24ClNO/c1-11(2,3)15-7-6-14-10-8-9(13)12(10,4)5/h9-10,14H,6-8H2,1-5H3. The molecule has 2 atom stereocenters. The van der Waals surface area contributed by atoms with Crippen molar-refractivity contribution in [3.05, 3.63) is 0 Å². The van der Waals surface area contributed by atoms with Crippen molar-refractivity contribution in [1.82, 2.24) is 5.32 Å². The van der Waals surface area contributed by atoms with Crippen LogP contribution in [0.5, 0.6) is 0 Å². The van der Waals surface area contributed by atoms with Crippen LogP contribution in [-0.2, 0) is 4.74 Å². The van der Waals surface area contributed by atoms with E-state index in [0.29, 0.717) is 11.4 Å². The Labute approximate surface area is 98.7 Å². The van der Waals surface area contributed by atoms with Gasteiger partial charge in [-0.3, -0.25) is 0 Å². The Morgan fingerprint density at radius 2 is 2.00 bits per heavy atom. The summed E-state index contributed by atoms with van der Waals surface area (Å²) in [6.45, 7) is 12.4. The molecule has 2 unspecified atom stereocenters. The maximum Gasteiger partial charge on any atom is 0.0599 e. The van der Waals surface area contributed by atoms with Crippen LogP contribution in [-0.4, -0.2) is 30.2 Å². The second-order valence-electron chi connectivity index (χ2n) is 5.99. The highest BCUT2D eigenvalue weighted by Crippen LogP contribution is 2.44. The van der Waals surface area contributed by atoms with Gasteiger partial charge >= 0.3 is 0 Å². The molecule has 0 amide bonds.